The van der Waals surface area contributed by atoms with Gasteiger partial charge in [0.2, 0.25) is 0 Å². The topological polar surface area (TPSA) is 45.7 Å². The van der Waals surface area contributed by atoms with Crippen molar-refractivity contribution in [1.82, 2.24) is 14.8 Å². The number of carbonyl (C=O) groups excluding carboxylic acids is 1. The van der Waals surface area contributed by atoms with Gasteiger partial charge < -0.3 is 9.64 Å². The third-order valence-corrected chi connectivity index (χ3v) is 7.19. The SMILES string of the molecule is Cc1nc(-c2ccc(F)cc2)sc1C(=O)N1CCC(CN2CC(C)OC(C)C2)CC1. The zero-order chi connectivity index (χ0) is 21.3. The highest BCUT2D eigenvalue weighted by Crippen LogP contribution is 2.30. The summed E-state index contributed by atoms with van der Waals surface area (Å²) in [6.07, 6.45) is 2.66. The molecule has 162 valence electrons. The summed E-state index contributed by atoms with van der Waals surface area (Å²) in [5, 5.41) is 0.765. The Bertz CT molecular complexity index is 867. The molecule has 1 aromatic carbocycles. The molecule has 0 radical (unpaired) electrons. The summed E-state index contributed by atoms with van der Waals surface area (Å²) in [5.41, 5.74) is 1.60. The zero-order valence-electron chi connectivity index (χ0n) is 17.9. The summed E-state index contributed by atoms with van der Waals surface area (Å²) in [4.78, 5) is 22.9. The molecule has 0 aliphatic carbocycles. The number of ether oxygens (including phenoxy) is 1. The molecule has 0 N–H and O–H groups in total. The van der Waals surface area contributed by atoms with Crippen LogP contribution in [0.25, 0.3) is 10.6 Å². The van der Waals surface area contributed by atoms with Crippen molar-refractivity contribution in [3.63, 3.8) is 0 Å². The summed E-state index contributed by atoms with van der Waals surface area (Å²) in [6, 6.07) is 6.27. The van der Waals surface area contributed by atoms with E-state index < -0.39 is 0 Å². The van der Waals surface area contributed by atoms with Crippen molar-refractivity contribution in [2.24, 2.45) is 5.92 Å². The number of rotatable bonds is 4. The second-order valence-corrected chi connectivity index (χ2v) is 9.65. The number of aromatic nitrogens is 1. The van der Waals surface area contributed by atoms with E-state index >= 15 is 0 Å². The van der Waals surface area contributed by atoms with Crippen LogP contribution < -0.4 is 0 Å². The molecular weight excluding hydrogens is 401 g/mol. The maximum atomic E-state index is 13.2. The zero-order valence-corrected chi connectivity index (χ0v) is 18.8. The lowest BCUT2D eigenvalue weighted by atomic mass is 9.95. The van der Waals surface area contributed by atoms with E-state index in [1.165, 1.54) is 23.5 Å². The van der Waals surface area contributed by atoms with Gasteiger partial charge in [0, 0.05) is 38.3 Å². The maximum Gasteiger partial charge on any atom is 0.265 e. The highest BCUT2D eigenvalue weighted by atomic mass is 32.1. The van der Waals surface area contributed by atoms with Crippen LogP contribution in [0.2, 0.25) is 0 Å². The molecule has 2 aliphatic rings. The van der Waals surface area contributed by atoms with E-state index in [-0.39, 0.29) is 11.7 Å². The molecule has 0 spiro atoms. The number of aryl methyl sites for hydroxylation is 1. The number of carbonyl (C=O) groups is 1. The number of amides is 1. The molecule has 3 heterocycles. The molecule has 0 saturated carbocycles. The van der Waals surface area contributed by atoms with Gasteiger partial charge in [0.25, 0.3) is 5.91 Å². The fraction of sp³-hybridized carbons (Fsp3) is 0.565. The third kappa shape index (κ3) is 4.90. The fourth-order valence-corrected chi connectivity index (χ4v) is 5.61. The van der Waals surface area contributed by atoms with Crippen LogP contribution in [0.4, 0.5) is 4.39 Å². The van der Waals surface area contributed by atoms with Crippen molar-refractivity contribution in [2.75, 3.05) is 32.7 Å². The predicted molar refractivity (Wildman–Crippen MR) is 117 cm³/mol. The Balaban J connectivity index is 1.35. The average Bonchev–Trinajstić information content (AvgIpc) is 3.09. The molecule has 2 saturated heterocycles. The standard InChI is InChI=1S/C23H30FN3O2S/c1-15-12-26(13-16(2)29-15)14-18-8-10-27(11-9-18)23(28)21-17(3)25-22(30-21)19-4-6-20(24)7-5-19/h4-7,15-16,18H,8-14H2,1-3H3. The van der Waals surface area contributed by atoms with Crippen LogP contribution in [-0.4, -0.2) is 65.6 Å². The van der Waals surface area contributed by atoms with Crippen molar-refractivity contribution in [1.29, 1.82) is 0 Å². The lowest BCUT2D eigenvalue weighted by Crippen LogP contribution is -2.48. The van der Waals surface area contributed by atoms with Crippen LogP contribution in [0.3, 0.4) is 0 Å². The lowest BCUT2D eigenvalue weighted by molar-refractivity contribution is -0.0728. The molecule has 4 rings (SSSR count). The number of nitrogens with zero attached hydrogens (tertiary/aromatic N) is 3. The number of hydrogen-bond donors (Lipinski definition) is 0. The molecule has 7 heteroatoms. The molecule has 2 aromatic rings. The van der Waals surface area contributed by atoms with E-state index in [4.69, 9.17) is 4.74 Å². The van der Waals surface area contributed by atoms with E-state index in [9.17, 15) is 9.18 Å². The van der Waals surface area contributed by atoms with Crippen molar-refractivity contribution in [3.05, 3.63) is 40.7 Å². The second kappa shape index (κ2) is 9.12. The van der Waals surface area contributed by atoms with Crippen molar-refractivity contribution >= 4 is 17.2 Å². The summed E-state index contributed by atoms with van der Waals surface area (Å²) >= 11 is 1.40. The number of likely N-dealkylation sites (tertiary alicyclic amines) is 1. The van der Waals surface area contributed by atoms with Gasteiger partial charge in [-0.25, -0.2) is 9.37 Å². The van der Waals surface area contributed by atoms with Crippen LogP contribution in [0, 0.1) is 18.7 Å². The Morgan fingerprint density at radius 2 is 1.80 bits per heavy atom. The van der Waals surface area contributed by atoms with Gasteiger partial charge in [-0.05, 0) is 63.8 Å². The number of thiazole rings is 1. The number of hydrogen-bond acceptors (Lipinski definition) is 5. The minimum Gasteiger partial charge on any atom is -0.373 e. The largest absolute Gasteiger partial charge is 0.373 e. The van der Waals surface area contributed by atoms with Crippen LogP contribution in [-0.2, 0) is 4.74 Å². The monoisotopic (exact) mass is 431 g/mol. The first kappa shape index (κ1) is 21.4. The van der Waals surface area contributed by atoms with Gasteiger partial charge in [0.15, 0.2) is 0 Å². The highest BCUT2D eigenvalue weighted by molar-refractivity contribution is 7.17. The minimum absolute atomic E-state index is 0.0745. The fourth-order valence-electron chi connectivity index (χ4n) is 4.57. The number of piperidine rings is 1. The van der Waals surface area contributed by atoms with Gasteiger partial charge in [-0.15, -0.1) is 11.3 Å². The molecule has 1 aromatic heterocycles. The lowest BCUT2D eigenvalue weighted by Gasteiger charge is -2.39. The van der Waals surface area contributed by atoms with Gasteiger partial charge in [-0.3, -0.25) is 9.69 Å². The molecule has 2 aliphatic heterocycles. The highest BCUT2D eigenvalue weighted by Gasteiger charge is 2.29. The van der Waals surface area contributed by atoms with Gasteiger partial charge in [0.05, 0.1) is 17.9 Å². The normalized spacial score (nSPS) is 23.7. The molecule has 1 amide bonds. The number of morpholine rings is 1. The Morgan fingerprint density at radius 3 is 2.43 bits per heavy atom. The van der Waals surface area contributed by atoms with Crippen LogP contribution in [0.1, 0.15) is 42.1 Å². The van der Waals surface area contributed by atoms with Gasteiger partial charge in [-0.1, -0.05) is 0 Å². The molecule has 2 fully saturated rings. The molecular formula is C23H30FN3O2S. The molecule has 0 bridgehead atoms. The third-order valence-electron chi connectivity index (χ3n) is 6.00. The van der Waals surface area contributed by atoms with E-state index in [0.717, 1.165) is 61.8 Å². The molecule has 2 atom stereocenters. The van der Waals surface area contributed by atoms with E-state index in [0.29, 0.717) is 23.0 Å². The van der Waals surface area contributed by atoms with Gasteiger partial charge in [0.1, 0.15) is 15.7 Å². The first-order chi connectivity index (χ1) is 14.4. The quantitative estimate of drug-likeness (QED) is 0.727. The van der Waals surface area contributed by atoms with Crippen LogP contribution >= 0.6 is 11.3 Å². The molecule has 2 unspecified atom stereocenters. The summed E-state index contributed by atoms with van der Waals surface area (Å²) in [7, 11) is 0. The van der Waals surface area contributed by atoms with E-state index in [1.54, 1.807) is 12.1 Å². The van der Waals surface area contributed by atoms with Crippen molar-refractivity contribution < 1.29 is 13.9 Å². The Kier molecular flexibility index (Phi) is 6.51. The van der Waals surface area contributed by atoms with Crippen molar-refractivity contribution in [3.8, 4) is 10.6 Å². The summed E-state index contributed by atoms with van der Waals surface area (Å²) < 4.78 is 19.0. The van der Waals surface area contributed by atoms with Gasteiger partial charge in [-0.2, -0.15) is 0 Å². The smallest absolute Gasteiger partial charge is 0.265 e. The van der Waals surface area contributed by atoms with E-state index in [2.05, 4.69) is 23.7 Å². The molecule has 5 nitrogen and oxygen atoms in total. The first-order valence-corrected chi connectivity index (χ1v) is 11.6. The predicted octanol–water partition coefficient (Wildman–Crippen LogP) is 4.22. The first-order valence-electron chi connectivity index (χ1n) is 10.8. The number of benzene rings is 1. The maximum absolute atomic E-state index is 13.2. The number of halogens is 1. The Labute approximate surface area is 181 Å². The second-order valence-electron chi connectivity index (χ2n) is 8.65. The van der Waals surface area contributed by atoms with Gasteiger partial charge >= 0.3 is 0 Å². The van der Waals surface area contributed by atoms with E-state index in [1.807, 2.05) is 11.8 Å². The minimum atomic E-state index is -0.271. The van der Waals surface area contributed by atoms with Crippen LogP contribution in [0.15, 0.2) is 24.3 Å². The molecule has 30 heavy (non-hydrogen) atoms. The summed E-state index contributed by atoms with van der Waals surface area (Å²) in [6.45, 7) is 10.8. The Hall–Kier alpha value is -1.83. The van der Waals surface area contributed by atoms with Crippen LogP contribution in [0.5, 0.6) is 0 Å². The summed E-state index contributed by atoms with van der Waals surface area (Å²) in [5.74, 6) is 0.432. The average molecular weight is 432 g/mol. The Morgan fingerprint density at radius 1 is 1.17 bits per heavy atom. The van der Waals surface area contributed by atoms with Crippen molar-refractivity contribution in [2.45, 2.75) is 45.8 Å².